The molecular formula is C18H34N2. The SMILES string of the molecule is CC(C)CC1CNC(C2CC2)CN1C1CCCCCC1. The van der Waals surface area contributed by atoms with Gasteiger partial charge in [-0.15, -0.1) is 0 Å². The van der Waals surface area contributed by atoms with E-state index in [2.05, 4.69) is 24.1 Å². The van der Waals surface area contributed by atoms with Gasteiger partial charge in [-0.05, 0) is 43.9 Å². The summed E-state index contributed by atoms with van der Waals surface area (Å²) in [5.74, 6) is 1.83. The molecule has 1 N–H and O–H groups in total. The molecule has 3 rings (SSSR count). The number of rotatable bonds is 4. The molecule has 20 heavy (non-hydrogen) atoms. The lowest BCUT2D eigenvalue weighted by Gasteiger charge is -2.45. The van der Waals surface area contributed by atoms with E-state index in [1.807, 2.05) is 0 Å². The van der Waals surface area contributed by atoms with Gasteiger partial charge in [0.25, 0.3) is 0 Å². The zero-order chi connectivity index (χ0) is 13.9. The molecule has 1 heterocycles. The average Bonchev–Trinajstić information content (AvgIpc) is 3.26. The van der Waals surface area contributed by atoms with Gasteiger partial charge in [0.15, 0.2) is 0 Å². The molecule has 0 aromatic heterocycles. The maximum Gasteiger partial charge on any atom is 0.0226 e. The standard InChI is InChI=1S/C18H34N2/c1-14(2)11-17-12-19-18(15-9-10-15)13-20(17)16-7-5-3-4-6-8-16/h14-19H,3-13H2,1-2H3. The lowest BCUT2D eigenvalue weighted by molar-refractivity contribution is 0.0567. The molecule has 1 saturated heterocycles. The van der Waals surface area contributed by atoms with E-state index < -0.39 is 0 Å². The van der Waals surface area contributed by atoms with Crippen LogP contribution in [0.15, 0.2) is 0 Å². The fraction of sp³-hybridized carbons (Fsp3) is 1.00. The van der Waals surface area contributed by atoms with Crippen LogP contribution in [0.3, 0.4) is 0 Å². The summed E-state index contributed by atoms with van der Waals surface area (Å²) in [5, 5.41) is 3.88. The van der Waals surface area contributed by atoms with Crippen molar-refractivity contribution in [2.75, 3.05) is 13.1 Å². The number of nitrogens with one attached hydrogen (secondary N) is 1. The molecule has 2 unspecified atom stereocenters. The van der Waals surface area contributed by atoms with E-state index in [0.29, 0.717) is 0 Å². The average molecular weight is 278 g/mol. The maximum atomic E-state index is 3.88. The third kappa shape index (κ3) is 3.76. The number of hydrogen-bond donors (Lipinski definition) is 1. The van der Waals surface area contributed by atoms with Crippen LogP contribution >= 0.6 is 0 Å². The first-order valence-corrected chi connectivity index (χ1v) is 9.23. The van der Waals surface area contributed by atoms with Gasteiger partial charge in [0.2, 0.25) is 0 Å². The Morgan fingerprint density at radius 1 is 1.00 bits per heavy atom. The van der Waals surface area contributed by atoms with E-state index in [1.165, 1.54) is 70.9 Å². The van der Waals surface area contributed by atoms with Gasteiger partial charge in [0.1, 0.15) is 0 Å². The summed E-state index contributed by atoms with van der Waals surface area (Å²) in [5.41, 5.74) is 0. The fourth-order valence-corrected chi connectivity index (χ4v) is 4.46. The van der Waals surface area contributed by atoms with Gasteiger partial charge in [0.05, 0.1) is 0 Å². The summed E-state index contributed by atoms with van der Waals surface area (Å²) in [6.45, 7) is 7.36. The van der Waals surface area contributed by atoms with Crippen LogP contribution in [-0.4, -0.2) is 36.1 Å². The van der Waals surface area contributed by atoms with Crippen molar-refractivity contribution >= 4 is 0 Å². The summed E-state index contributed by atoms with van der Waals surface area (Å²) < 4.78 is 0. The number of hydrogen-bond acceptors (Lipinski definition) is 2. The van der Waals surface area contributed by atoms with E-state index in [1.54, 1.807) is 0 Å². The molecular weight excluding hydrogens is 244 g/mol. The van der Waals surface area contributed by atoms with Crippen LogP contribution in [-0.2, 0) is 0 Å². The zero-order valence-corrected chi connectivity index (χ0v) is 13.6. The van der Waals surface area contributed by atoms with Crippen LogP contribution in [0.1, 0.15) is 71.6 Å². The van der Waals surface area contributed by atoms with E-state index in [9.17, 15) is 0 Å². The van der Waals surface area contributed by atoms with Crippen LogP contribution in [0.5, 0.6) is 0 Å². The van der Waals surface area contributed by atoms with Gasteiger partial charge >= 0.3 is 0 Å². The predicted octanol–water partition coefficient (Wildman–Crippen LogP) is 3.81. The molecule has 1 aliphatic heterocycles. The Labute approximate surface area is 125 Å². The minimum absolute atomic E-state index is 0.799. The minimum Gasteiger partial charge on any atom is -0.311 e. The maximum absolute atomic E-state index is 3.88. The third-order valence-corrected chi connectivity index (χ3v) is 5.72. The first-order valence-electron chi connectivity index (χ1n) is 9.23. The van der Waals surface area contributed by atoms with Crippen LogP contribution in [0.25, 0.3) is 0 Å². The largest absolute Gasteiger partial charge is 0.311 e. The Hall–Kier alpha value is -0.0800. The van der Waals surface area contributed by atoms with Crippen molar-refractivity contribution in [2.45, 2.75) is 89.8 Å². The van der Waals surface area contributed by atoms with Crippen molar-refractivity contribution in [3.8, 4) is 0 Å². The van der Waals surface area contributed by atoms with Crippen molar-refractivity contribution in [3.63, 3.8) is 0 Å². The van der Waals surface area contributed by atoms with Crippen LogP contribution < -0.4 is 5.32 Å². The van der Waals surface area contributed by atoms with Crippen molar-refractivity contribution in [2.24, 2.45) is 11.8 Å². The van der Waals surface area contributed by atoms with E-state index in [0.717, 1.165) is 30.0 Å². The molecule has 0 aromatic rings. The first kappa shape index (κ1) is 14.8. The van der Waals surface area contributed by atoms with Gasteiger partial charge in [-0.3, -0.25) is 4.90 Å². The highest BCUT2D eigenvalue weighted by Crippen LogP contribution is 2.36. The molecule has 2 heteroatoms. The summed E-state index contributed by atoms with van der Waals surface area (Å²) >= 11 is 0. The van der Waals surface area contributed by atoms with Gasteiger partial charge in [0, 0.05) is 31.2 Å². The third-order valence-electron chi connectivity index (χ3n) is 5.72. The molecule has 0 amide bonds. The van der Waals surface area contributed by atoms with Crippen LogP contribution in [0.4, 0.5) is 0 Å². The Morgan fingerprint density at radius 3 is 2.30 bits per heavy atom. The van der Waals surface area contributed by atoms with Crippen LogP contribution in [0, 0.1) is 11.8 Å². The second-order valence-corrected chi connectivity index (χ2v) is 7.98. The highest BCUT2D eigenvalue weighted by Gasteiger charge is 2.39. The topological polar surface area (TPSA) is 15.3 Å². The highest BCUT2D eigenvalue weighted by atomic mass is 15.3. The van der Waals surface area contributed by atoms with E-state index in [4.69, 9.17) is 0 Å². The first-order chi connectivity index (χ1) is 9.74. The van der Waals surface area contributed by atoms with Gasteiger partial charge < -0.3 is 5.32 Å². The Balaban J connectivity index is 1.65. The second kappa shape index (κ2) is 6.79. The van der Waals surface area contributed by atoms with Gasteiger partial charge in [-0.2, -0.15) is 0 Å². The molecule has 0 spiro atoms. The normalized spacial score (nSPS) is 34.4. The number of nitrogens with zero attached hydrogens (tertiary/aromatic N) is 1. The fourth-order valence-electron chi connectivity index (χ4n) is 4.46. The second-order valence-electron chi connectivity index (χ2n) is 7.98. The number of piperazine rings is 1. The molecule has 116 valence electrons. The predicted molar refractivity (Wildman–Crippen MR) is 86.0 cm³/mol. The monoisotopic (exact) mass is 278 g/mol. The molecule has 2 atom stereocenters. The van der Waals surface area contributed by atoms with Crippen LogP contribution in [0.2, 0.25) is 0 Å². The van der Waals surface area contributed by atoms with Crippen molar-refractivity contribution < 1.29 is 0 Å². The van der Waals surface area contributed by atoms with Gasteiger partial charge in [-0.1, -0.05) is 39.5 Å². The van der Waals surface area contributed by atoms with E-state index in [-0.39, 0.29) is 0 Å². The molecule has 0 bridgehead atoms. The van der Waals surface area contributed by atoms with Crippen molar-refractivity contribution in [1.29, 1.82) is 0 Å². The lowest BCUT2D eigenvalue weighted by atomic mass is 9.94. The van der Waals surface area contributed by atoms with Crippen molar-refractivity contribution in [1.82, 2.24) is 10.2 Å². The summed E-state index contributed by atoms with van der Waals surface area (Å²) in [7, 11) is 0. The smallest absolute Gasteiger partial charge is 0.0226 e. The van der Waals surface area contributed by atoms with E-state index >= 15 is 0 Å². The molecule has 2 aliphatic carbocycles. The molecule has 2 nitrogen and oxygen atoms in total. The Kier molecular flexibility index (Phi) is 5.04. The lowest BCUT2D eigenvalue weighted by Crippen LogP contribution is -2.60. The summed E-state index contributed by atoms with van der Waals surface area (Å²) in [6.07, 6.45) is 13.1. The van der Waals surface area contributed by atoms with Gasteiger partial charge in [-0.25, -0.2) is 0 Å². The summed E-state index contributed by atoms with van der Waals surface area (Å²) in [6, 6.07) is 2.50. The molecule has 3 aliphatic rings. The summed E-state index contributed by atoms with van der Waals surface area (Å²) in [4.78, 5) is 2.95. The molecule has 0 radical (unpaired) electrons. The quantitative estimate of drug-likeness (QED) is 0.787. The molecule has 3 fully saturated rings. The Bertz CT molecular complexity index is 288. The minimum atomic E-state index is 0.799. The molecule has 2 saturated carbocycles. The van der Waals surface area contributed by atoms with Crippen molar-refractivity contribution in [3.05, 3.63) is 0 Å². The zero-order valence-electron chi connectivity index (χ0n) is 13.6. The highest BCUT2D eigenvalue weighted by molar-refractivity contribution is 4.96. The Morgan fingerprint density at radius 2 is 1.70 bits per heavy atom. The molecule has 0 aromatic carbocycles.